The van der Waals surface area contributed by atoms with Gasteiger partial charge in [-0.3, -0.25) is 9.69 Å². The van der Waals surface area contributed by atoms with Gasteiger partial charge in [-0.2, -0.15) is 18.2 Å². The van der Waals surface area contributed by atoms with Gasteiger partial charge >= 0.3 is 6.18 Å². The van der Waals surface area contributed by atoms with E-state index in [4.69, 9.17) is 4.52 Å². The average molecular weight is 387 g/mol. The van der Waals surface area contributed by atoms with Crippen LogP contribution in [0.4, 0.5) is 13.2 Å². The molecule has 1 fully saturated rings. The summed E-state index contributed by atoms with van der Waals surface area (Å²) in [6.45, 7) is 3.90. The molecule has 0 bridgehead atoms. The first kappa shape index (κ1) is 19.3. The molecule has 1 aliphatic heterocycles. The number of aromatic nitrogens is 3. The largest absolute Gasteiger partial charge is 0.455 e. The van der Waals surface area contributed by atoms with Crippen LogP contribution in [-0.2, 0) is 23.9 Å². The predicted molar refractivity (Wildman–Crippen MR) is 85.3 cm³/mol. The molecule has 1 amide bonds. The summed E-state index contributed by atoms with van der Waals surface area (Å²) >= 11 is 0. The molecule has 2 aromatic heterocycles. The molecular weight excluding hydrogens is 367 g/mol. The number of carbonyl (C=O) groups excluding carboxylic acids is 1. The van der Waals surface area contributed by atoms with Crippen molar-refractivity contribution in [3.05, 3.63) is 29.2 Å². The minimum atomic E-state index is -4.60. The second-order valence-corrected chi connectivity index (χ2v) is 6.64. The number of aryl methyl sites for hydroxylation is 1. The fraction of sp³-hybridized carbons (Fsp3) is 0.625. The monoisotopic (exact) mass is 387 g/mol. The van der Waals surface area contributed by atoms with E-state index in [1.54, 1.807) is 13.0 Å². The zero-order valence-corrected chi connectivity index (χ0v) is 14.8. The van der Waals surface area contributed by atoms with E-state index in [1.165, 1.54) is 0 Å². The average Bonchev–Trinajstić information content (AvgIpc) is 3.23. The van der Waals surface area contributed by atoms with Crippen LogP contribution in [0.3, 0.4) is 0 Å². The lowest BCUT2D eigenvalue weighted by Crippen LogP contribution is -2.38. The Morgan fingerprint density at radius 1 is 1.30 bits per heavy atom. The fourth-order valence-electron chi connectivity index (χ4n) is 2.95. The van der Waals surface area contributed by atoms with Crippen LogP contribution in [0.25, 0.3) is 0 Å². The Kier molecular flexibility index (Phi) is 5.78. The van der Waals surface area contributed by atoms with Crippen molar-refractivity contribution in [1.29, 1.82) is 0 Å². The highest BCUT2D eigenvalue weighted by molar-refractivity contribution is 5.77. The van der Waals surface area contributed by atoms with E-state index in [9.17, 15) is 18.0 Å². The van der Waals surface area contributed by atoms with E-state index in [1.807, 2.05) is 4.90 Å². The van der Waals surface area contributed by atoms with Crippen molar-refractivity contribution in [1.82, 2.24) is 25.5 Å². The van der Waals surface area contributed by atoms with E-state index in [0.717, 1.165) is 18.5 Å². The molecule has 0 unspecified atom stereocenters. The number of alkyl halides is 3. The standard InChI is InChI=1S/C16H20F3N5O3/c1-10-6-12(26-22-10)7-13(25)20-8-11-2-4-24(5-3-11)9-14-21-15(23-27-14)16(17,18)19/h6,11H,2-5,7-9H2,1H3,(H,20,25). The molecular formula is C16H20F3N5O3. The molecule has 0 spiro atoms. The van der Waals surface area contributed by atoms with Gasteiger partial charge in [0.25, 0.3) is 5.82 Å². The summed E-state index contributed by atoms with van der Waals surface area (Å²) < 4.78 is 47.1. The Balaban J connectivity index is 1.37. The molecule has 27 heavy (non-hydrogen) atoms. The highest BCUT2D eigenvalue weighted by Crippen LogP contribution is 2.26. The summed E-state index contributed by atoms with van der Waals surface area (Å²) in [5.41, 5.74) is 0.730. The number of nitrogens with one attached hydrogen (secondary N) is 1. The van der Waals surface area contributed by atoms with E-state index < -0.39 is 12.0 Å². The van der Waals surface area contributed by atoms with Crippen molar-refractivity contribution >= 4 is 5.91 Å². The Labute approximate surface area is 153 Å². The highest BCUT2D eigenvalue weighted by atomic mass is 19.4. The van der Waals surface area contributed by atoms with Crippen LogP contribution in [0.15, 0.2) is 15.1 Å². The van der Waals surface area contributed by atoms with E-state index in [-0.39, 0.29) is 24.8 Å². The number of likely N-dealkylation sites (tertiary alicyclic amines) is 1. The number of piperidine rings is 1. The molecule has 0 saturated carbocycles. The minimum absolute atomic E-state index is 0.0450. The first-order chi connectivity index (χ1) is 12.8. The molecule has 11 heteroatoms. The maximum atomic E-state index is 12.5. The number of amides is 1. The zero-order chi connectivity index (χ0) is 19.4. The molecule has 0 atom stereocenters. The topological polar surface area (TPSA) is 97.3 Å². The van der Waals surface area contributed by atoms with Gasteiger partial charge in [0.2, 0.25) is 11.8 Å². The first-order valence-electron chi connectivity index (χ1n) is 8.60. The zero-order valence-electron chi connectivity index (χ0n) is 14.8. The van der Waals surface area contributed by atoms with Crippen molar-refractivity contribution in [2.45, 2.75) is 38.9 Å². The van der Waals surface area contributed by atoms with Crippen LogP contribution >= 0.6 is 0 Å². The second-order valence-electron chi connectivity index (χ2n) is 6.64. The third-order valence-electron chi connectivity index (χ3n) is 4.39. The molecule has 8 nitrogen and oxygen atoms in total. The van der Waals surface area contributed by atoms with Gasteiger partial charge in [-0.1, -0.05) is 10.3 Å². The van der Waals surface area contributed by atoms with E-state index in [0.29, 0.717) is 31.3 Å². The van der Waals surface area contributed by atoms with Gasteiger partial charge in [0.05, 0.1) is 18.7 Å². The Morgan fingerprint density at radius 2 is 2.04 bits per heavy atom. The summed E-state index contributed by atoms with van der Waals surface area (Å²) in [4.78, 5) is 17.3. The third-order valence-corrected chi connectivity index (χ3v) is 4.39. The molecule has 0 aromatic carbocycles. The van der Waals surface area contributed by atoms with Crippen LogP contribution in [0.5, 0.6) is 0 Å². The van der Waals surface area contributed by atoms with Crippen molar-refractivity contribution in [2.75, 3.05) is 19.6 Å². The summed E-state index contributed by atoms with van der Waals surface area (Å²) in [5, 5.41) is 9.58. The molecule has 1 N–H and O–H groups in total. The lowest BCUT2D eigenvalue weighted by molar-refractivity contribution is -0.146. The van der Waals surface area contributed by atoms with Crippen molar-refractivity contribution in [3.63, 3.8) is 0 Å². The van der Waals surface area contributed by atoms with Crippen LogP contribution < -0.4 is 5.32 Å². The highest BCUT2D eigenvalue weighted by Gasteiger charge is 2.37. The third kappa shape index (κ3) is 5.52. The Morgan fingerprint density at radius 3 is 2.63 bits per heavy atom. The lowest BCUT2D eigenvalue weighted by atomic mass is 9.97. The van der Waals surface area contributed by atoms with Crippen molar-refractivity contribution in [2.24, 2.45) is 5.92 Å². The molecule has 1 aliphatic rings. The molecule has 3 rings (SSSR count). The van der Waals surface area contributed by atoms with Crippen molar-refractivity contribution in [3.8, 4) is 0 Å². The van der Waals surface area contributed by atoms with Crippen LogP contribution in [0, 0.1) is 12.8 Å². The van der Waals surface area contributed by atoms with Crippen LogP contribution in [-0.4, -0.2) is 45.7 Å². The molecule has 0 aliphatic carbocycles. The molecule has 148 valence electrons. The first-order valence-corrected chi connectivity index (χ1v) is 8.60. The quantitative estimate of drug-likeness (QED) is 0.809. The van der Waals surface area contributed by atoms with E-state index >= 15 is 0 Å². The summed E-state index contributed by atoms with van der Waals surface area (Å²) in [7, 11) is 0. The van der Waals surface area contributed by atoms with E-state index in [2.05, 4.69) is 25.1 Å². The SMILES string of the molecule is Cc1cc(CC(=O)NCC2CCN(Cc3nc(C(F)(F)F)no3)CC2)on1. The van der Waals surface area contributed by atoms with Gasteiger partial charge < -0.3 is 14.4 Å². The summed E-state index contributed by atoms with van der Waals surface area (Å²) in [5.74, 6) is -0.583. The summed E-state index contributed by atoms with van der Waals surface area (Å²) in [6.07, 6.45) is -2.81. The minimum Gasteiger partial charge on any atom is -0.361 e. The molecule has 0 radical (unpaired) electrons. The number of rotatable bonds is 6. The fourth-order valence-corrected chi connectivity index (χ4v) is 2.95. The number of hydrogen-bond donors (Lipinski definition) is 1. The number of halogens is 3. The Bertz CT molecular complexity index is 765. The van der Waals surface area contributed by atoms with Gasteiger partial charge in [-0.25, -0.2) is 0 Å². The molecule has 3 heterocycles. The normalized spacial score (nSPS) is 16.6. The van der Waals surface area contributed by atoms with Crippen molar-refractivity contribution < 1.29 is 27.0 Å². The van der Waals surface area contributed by atoms with Gasteiger partial charge in [-0.15, -0.1) is 0 Å². The number of nitrogens with zero attached hydrogens (tertiary/aromatic N) is 4. The van der Waals surface area contributed by atoms with Crippen LogP contribution in [0.2, 0.25) is 0 Å². The second kappa shape index (κ2) is 8.07. The lowest BCUT2D eigenvalue weighted by Gasteiger charge is -2.30. The number of carbonyl (C=O) groups is 1. The maximum Gasteiger partial charge on any atom is 0.455 e. The molecule has 1 saturated heterocycles. The van der Waals surface area contributed by atoms with Gasteiger partial charge in [0.15, 0.2) is 0 Å². The summed E-state index contributed by atoms with van der Waals surface area (Å²) in [6, 6.07) is 1.72. The Hall–Kier alpha value is -2.43. The smallest absolute Gasteiger partial charge is 0.361 e. The predicted octanol–water partition coefficient (Wildman–Crippen LogP) is 1.96. The van der Waals surface area contributed by atoms with Gasteiger partial charge in [-0.05, 0) is 38.8 Å². The van der Waals surface area contributed by atoms with Gasteiger partial charge in [0.1, 0.15) is 5.76 Å². The number of hydrogen-bond acceptors (Lipinski definition) is 7. The molecule has 2 aromatic rings. The van der Waals surface area contributed by atoms with Gasteiger partial charge in [0, 0.05) is 12.6 Å². The maximum absolute atomic E-state index is 12.5. The van der Waals surface area contributed by atoms with Crippen LogP contribution in [0.1, 0.15) is 36.0 Å².